The fraction of sp³-hybridized carbons (Fsp3) is 0.273. The molecule has 2 rings (SSSR count). The highest BCUT2D eigenvalue weighted by molar-refractivity contribution is 6.31. The summed E-state index contributed by atoms with van der Waals surface area (Å²) >= 11 is 12.0. The van der Waals surface area contributed by atoms with Gasteiger partial charge in [-0.05, 0) is 48.2 Å². The molecule has 6 nitrogen and oxygen atoms in total. The first kappa shape index (κ1) is 23.6. The van der Waals surface area contributed by atoms with Crippen molar-refractivity contribution in [3.63, 3.8) is 0 Å². The van der Waals surface area contributed by atoms with Crippen molar-refractivity contribution in [2.45, 2.75) is 39.5 Å². The van der Waals surface area contributed by atoms with Crippen LogP contribution in [0, 0.1) is 0 Å². The molecule has 2 amide bonds. The largest absolute Gasteiger partial charge is 0.273 e. The van der Waals surface area contributed by atoms with E-state index >= 15 is 0 Å². The van der Waals surface area contributed by atoms with Crippen molar-refractivity contribution in [1.82, 2.24) is 10.9 Å². The van der Waals surface area contributed by atoms with Crippen LogP contribution < -0.4 is 10.9 Å². The fourth-order valence-electron chi connectivity index (χ4n) is 2.63. The summed E-state index contributed by atoms with van der Waals surface area (Å²) in [6.07, 6.45) is 1.24. The average molecular weight is 447 g/mol. The molecular formula is C22H24Cl2N4O2. The van der Waals surface area contributed by atoms with Gasteiger partial charge >= 0.3 is 0 Å². The molecule has 0 saturated carbocycles. The lowest BCUT2D eigenvalue weighted by atomic mass is 10.1. The van der Waals surface area contributed by atoms with Crippen molar-refractivity contribution in [3.05, 3.63) is 69.7 Å². The van der Waals surface area contributed by atoms with Crippen molar-refractivity contribution in [2.24, 2.45) is 10.2 Å². The number of hydrogen-bond acceptors (Lipinski definition) is 4. The van der Waals surface area contributed by atoms with Gasteiger partial charge in [-0.1, -0.05) is 61.3 Å². The van der Waals surface area contributed by atoms with Crippen LogP contribution in [0.4, 0.5) is 0 Å². The van der Waals surface area contributed by atoms with Crippen LogP contribution in [0.5, 0.6) is 0 Å². The maximum Gasteiger partial charge on any atom is 0.240 e. The minimum Gasteiger partial charge on any atom is -0.273 e. The van der Waals surface area contributed by atoms with Crippen LogP contribution in [-0.4, -0.2) is 23.2 Å². The summed E-state index contributed by atoms with van der Waals surface area (Å²) < 4.78 is 0. The first-order valence-corrected chi connectivity index (χ1v) is 10.4. The van der Waals surface area contributed by atoms with Crippen molar-refractivity contribution in [2.75, 3.05) is 0 Å². The Morgan fingerprint density at radius 3 is 1.50 bits per heavy atom. The van der Waals surface area contributed by atoms with E-state index in [9.17, 15) is 9.59 Å². The van der Waals surface area contributed by atoms with Crippen molar-refractivity contribution >= 4 is 46.4 Å². The van der Waals surface area contributed by atoms with Gasteiger partial charge in [0.15, 0.2) is 0 Å². The Kier molecular flexibility index (Phi) is 9.51. The van der Waals surface area contributed by atoms with E-state index in [4.69, 9.17) is 23.2 Å². The first-order chi connectivity index (χ1) is 14.4. The Morgan fingerprint density at radius 2 is 1.17 bits per heavy atom. The summed E-state index contributed by atoms with van der Waals surface area (Å²) in [5.41, 5.74) is 8.06. The summed E-state index contributed by atoms with van der Waals surface area (Å²) in [6.45, 7) is 3.87. The lowest BCUT2D eigenvalue weighted by molar-refractivity contribution is -0.126. The molecule has 30 heavy (non-hydrogen) atoms. The third-order valence-electron chi connectivity index (χ3n) is 4.20. The van der Waals surface area contributed by atoms with E-state index in [1.165, 1.54) is 0 Å². The van der Waals surface area contributed by atoms with Gasteiger partial charge < -0.3 is 0 Å². The number of rotatable bonds is 9. The van der Waals surface area contributed by atoms with E-state index in [1.807, 2.05) is 38.1 Å². The van der Waals surface area contributed by atoms with Gasteiger partial charge in [-0.15, -0.1) is 0 Å². The van der Waals surface area contributed by atoms with Crippen LogP contribution in [-0.2, 0) is 9.59 Å². The van der Waals surface area contributed by atoms with E-state index in [1.54, 1.807) is 24.3 Å². The Bertz CT molecular complexity index is 880. The Balaban J connectivity index is 1.87. The molecule has 8 heteroatoms. The second-order valence-electron chi connectivity index (χ2n) is 6.41. The zero-order valence-corrected chi connectivity index (χ0v) is 18.4. The van der Waals surface area contributed by atoms with E-state index in [0.29, 0.717) is 34.3 Å². The molecule has 0 spiro atoms. The molecule has 2 aromatic carbocycles. The molecule has 0 aliphatic carbocycles. The number of benzene rings is 2. The van der Waals surface area contributed by atoms with Gasteiger partial charge in [0.1, 0.15) is 0 Å². The Hall–Kier alpha value is -2.70. The predicted octanol–water partition coefficient (Wildman–Crippen LogP) is 4.93. The molecular weight excluding hydrogens is 423 g/mol. The van der Waals surface area contributed by atoms with Gasteiger partial charge in [0, 0.05) is 22.9 Å². The third-order valence-corrected chi connectivity index (χ3v) is 4.67. The molecule has 0 heterocycles. The Labute approximate surface area is 186 Å². The monoisotopic (exact) mass is 446 g/mol. The van der Waals surface area contributed by atoms with Gasteiger partial charge in [0.05, 0.1) is 11.4 Å². The van der Waals surface area contributed by atoms with Crippen LogP contribution >= 0.6 is 23.2 Å². The standard InChI is InChI=1S/C22H24Cl2N4O2/c1-3-19(15-7-5-9-17(23)13-15)25-27-21(29)11-12-22(30)28-26-20(4-2)16-8-6-10-18(24)14-16/h5-10,13-14H,3-4,11-12H2,1-2H3,(H,27,29)(H,28,30). The third kappa shape index (κ3) is 7.61. The summed E-state index contributed by atoms with van der Waals surface area (Å²) in [4.78, 5) is 24.1. The highest BCUT2D eigenvalue weighted by Gasteiger charge is 2.09. The van der Waals surface area contributed by atoms with E-state index in [2.05, 4.69) is 21.1 Å². The topological polar surface area (TPSA) is 82.9 Å². The minimum absolute atomic E-state index is 0.00395. The number of halogens is 2. The molecule has 0 radical (unpaired) electrons. The molecule has 0 unspecified atom stereocenters. The SMILES string of the molecule is CCC(=NNC(=O)CCC(=O)NN=C(CC)c1cccc(Cl)c1)c1cccc(Cl)c1. The van der Waals surface area contributed by atoms with Crippen molar-refractivity contribution in [1.29, 1.82) is 0 Å². The summed E-state index contributed by atoms with van der Waals surface area (Å²) in [6, 6.07) is 14.5. The number of carbonyl (C=O) groups is 2. The van der Waals surface area contributed by atoms with Gasteiger partial charge in [0.2, 0.25) is 11.8 Å². The van der Waals surface area contributed by atoms with E-state index in [0.717, 1.165) is 11.1 Å². The van der Waals surface area contributed by atoms with Crippen molar-refractivity contribution in [3.8, 4) is 0 Å². The molecule has 0 aliphatic heterocycles. The molecule has 0 atom stereocenters. The molecule has 2 aromatic rings. The van der Waals surface area contributed by atoms with Crippen LogP contribution in [0.1, 0.15) is 50.7 Å². The molecule has 0 aromatic heterocycles. The molecule has 2 N–H and O–H groups in total. The summed E-state index contributed by atoms with van der Waals surface area (Å²) in [5.74, 6) is -0.708. The van der Waals surface area contributed by atoms with Gasteiger partial charge in [-0.2, -0.15) is 10.2 Å². The normalized spacial score (nSPS) is 11.9. The summed E-state index contributed by atoms with van der Waals surface area (Å²) in [7, 11) is 0. The maximum atomic E-state index is 12.0. The number of hydrogen-bond donors (Lipinski definition) is 2. The smallest absolute Gasteiger partial charge is 0.240 e. The lowest BCUT2D eigenvalue weighted by Crippen LogP contribution is -2.24. The number of nitrogens with one attached hydrogen (secondary N) is 2. The highest BCUT2D eigenvalue weighted by Crippen LogP contribution is 2.13. The second-order valence-corrected chi connectivity index (χ2v) is 7.29. The molecule has 0 saturated heterocycles. The second kappa shape index (κ2) is 12.1. The first-order valence-electron chi connectivity index (χ1n) is 9.65. The zero-order valence-electron chi connectivity index (χ0n) is 16.9. The average Bonchev–Trinajstić information content (AvgIpc) is 2.73. The molecule has 0 aliphatic rings. The number of nitrogens with zero attached hydrogens (tertiary/aromatic N) is 2. The minimum atomic E-state index is -0.354. The predicted molar refractivity (Wildman–Crippen MR) is 122 cm³/mol. The number of carbonyl (C=O) groups excluding carboxylic acids is 2. The molecule has 0 fully saturated rings. The molecule has 158 valence electrons. The maximum absolute atomic E-state index is 12.0. The number of amides is 2. The van der Waals surface area contributed by atoms with Crippen LogP contribution in [0.25, 0.3) is 0 Å². The quantitative estimate of drug-likeness (QED) is 0.422. The van der Waals surface area contributed by atoms with E-state index < -0.39 is 0 Å². The van der Waals surface area contributed by atoms with Gasteiger partial charge in [-0.25, -0.2) is 10.9 Å². The van der Waals surface area contributed by atoms with Crippen molar-refractivity contribution < 1.29 is 9.59 Å². The molecule has 0 bridgehead atoms. The van der Waals surface area contributed by atoms with E-state index in [-0.39, 0.29) is 24.7 Å². The summed E-state index contributed by atoms with van der Waals surface area (Å²) in [5, 5.41) is 9.50. The fourth-order valence-corrected chi connectivity index (χ4v) is 3.01. The van der Waals surface area contributed by atoms with Crippen LogP contribution in [0.2, 0.25) is 10.0 Å². The highest BCUT2D eigenvalue weighted by atomic mass is 35.5. The Morgan fingerprint density at radius 1 is 0.767 bits per heavy atom. The lowest BCUT2D eigenvalue weighted by Gasteiger charge is -2.07. The zero-order chi connectivity index (χ0) is 21.9. The van der Waals surface area contributed by atoms with Gasteiger partial charge in [0.25, 0.3) is 0 Å². The van der Waals surface area contributed by atoms with Gasteiger partial charge in [-0.3, -0.25) is 9.59 Å². The number of hydrazone groups is 2. The van der Waals surface area contributed by atoms with Crippen LogP contribution in [0.3, 0.4) is 0 Å². The van der Waals surface area contributed by atoms with Crippen LogP contribution in [0.15, 0.2) is 58.7 Å².